The summed E-state index contributed by atoms with van der Waals surface area (Å²) in [5.74, 6) is -3.19. The fourth-order valence-corrected chi connectivity index (χ4v) is 5.86. The van der Waals surface area contributed by atoms with Crippen molar-refractivity contribution in [1.82, 2.24) is 4.57 Å². The van der Waals surface area contributed by atoms with Crippen LogP contribution in [0.15, 0.2) is 51.8 Å². The molecule has 0 saturated heterocycles. The van der Waals surface area contributed by atoms with E-state index >= 15 is 4.39 Å². The summed E-state index contributed by atoms with van der Waals surface area (Å²) in [5.41, 5.74) is 6.17. The lowest BCUT2D eigenvalue weighted by atomic mass is 9.81. The van der Waals surface area contributed by atoms with Gasteiger partial charge in [-0.05, 0) is 37.3 Å². The average molecular weight is 534 g/mol. The molecule has 178 valence electrons. The second kappa shape index (κ2) is 8.75. The van der Waals surface area contributed by atoms with Crippen molar-refractivity contribution in [2.24, 2.45) is 10.7 Å². The maximum absolute atomic E-state index is 15.1. The molecular weight excluding hydrogens is 519 g/mol. The van der Waals surface area contributed by atoms with Crippen LogP contribution in [-0.4, -0.2) is 22.3 Å². The lowest BCUT2D eigenvalue weighted by Gasteiger charge is -2.31. The van der Waals surface area contributed by atoms with Crippen LogP contribution >= 0.6 is 34.5 Å². The second-order valence-corrected chi connectivity index (χ2v) is 9.43. The van der Waals surface area contributed by atoms with Crippen molar-refractivity contribution < 1.29 is 18.3 Å². The van der Waals surface area contributed by atoms with Crippen LogP contribution in [0.5, 0.6) is 0 Å². The van der Waals surface area contributed by atoms with Crippen molar-refractivity contribution in [2.45, 2.75) is 12.8 Å². The smallest absolute Gasteiger partial charge is 0.337 e. The molecule has 3 aromatic rings. The van der Waals surface area contributed by atoms with E-state index in [4.69, 9.17) is 33.7 Å². The number of rotatable bonds is 3. The number of esters is 1. The summed E-state index contributed by atoms with van der Waals surface area (Å²) in [4.78, 5) is 30.9. The summed E-state index contributed by atoms with van der Waals surface area (Å²) in [6, 6.07) is 8.40. The summed E-state index contributed by atoms with van der Waals surface area (Å²) >= 11 is 13.5. The van der Waals surface area contributed by atoms with Gasteiger partial charge in [0.2, 0.25) is 0 Å². The van der Waals surface area contributed by atoms with Gasteiger partial charge in [0.15, 0.2) is 0 Å². The zero-order valence-electron chi connectivity index (χ0n) is 17.9. The van der Waals surface area contributed by atoms with Gasteiger partial charge in [0.05, 0.1) is 33.3 Å². The number of fused-ring (bicyclic) bond motifs is 4. The highest BCUT2D eigenvalue weighted by Crippen LogP contribution is 2.47. The molecule has 0 aliphatic carbocycles. The molecule has 6 nitrogen and oxygen atoms in total. The van der Waals surface area contributed by atoms with Crippen LogP contribution < -0.4 is 20.5 Å². The van der Waals surface area contributed by atoms with Crippen LogP contribution in [0.3, 0.4) is 0 Å². The number of nitrogens with two attached hydrogens (primary N) is 1. The third kappa shape index (κ3) is 3.62. The molecule has 0 saturated carbocycles. The number of carbonyl (C=O) groups excluding carboxylic acids is 1. The summed E-state index contributed by atoms with van der Waals surface area (Å²) in [6.07, 6.45) is 1.28. The Morgan fingerprint density at radius 1 is 1.23 bits per heavy atom. The first kappa shape index (κ1) is 23.5. The number of aromatic nitrogens is 1. The van der Waals surface area contributed by atoms with Crippen LogP contribution in [0.2, 0.25) is 5.02 Å². The molecule has 1 unspecified atom stereocenters. The number of allylic oxidation sites excluding steroid dienone is 1. The van der Waals surface area contributed by atoms with E-state index in [1.807, 2.05) is 0 Å². The number of benzene rings is 2. The van der Waals surface area contributed by atoms with Gasteiger partial charge in [-0.1, -0.05) is 35.3 Å². The first-order chi connectivity index (χ1) is 16.7. The van der Waals surface area contributed by atoms with E-state index in [0.29, 0.717) is 0 Å². The zero-order valence-corrected chi connectivity index (χ0v) is 20.3. The lowest BCUT2D eigenvalue weighted by molar-refractivity contribution is -0.136. The minimum atomic E-state index is -1.06. The van der Waals surface area contributed by atoms with Crippen LogP contribution in [0, 0.1) is 11.6 Å². The first-order valence-electron chi connectivity index (χ1n) is 10.4. The molecule has 0 spiro atoms. The molecule has 0 radical (unpaired) electrons. The van der Waals surface area contributed by atoms with Crippen molar-refractivity contribution in [3.8, 4) is 0 Å². The number of carbonyl (C=O) groups is 1. The van der Waals surface area contributed by atoms with Crippen LogP contribution in [0.4, 0.5) is 14.5 Å². The van der Waals surface area contributed by atoms with Gasteiger partial charge in [0.1, 0.15) is 27.3 Å². The van der Waals surface area contributed by atoms with E-state index in [1.165, 1.54) is 36.4 Å². The Hall–Kier alpha value is -3.27. The quantitative estimate of drug-likeness (QED) is 0.521. The highest BCUT2D eigenvalue weighted by atomic mass is 35.5. The van der Waals surface area contributed by atoms with E-state index in [2.05, 4.69) is 4.99 Å². The number of thiazole rings is 1. The Morgan fingerprint density at radius 2 is 1.94 bits per heavy atom. The van der Waals surface area contributed by atoms with E-state index in [1.54, 1.807) is 13.0 Å². The lowest BCUT2D eigenvalue weighted by Crippen LogP contribution is -2.42. The summed E-state index contributed by atoms with van der Waals surface area (Å²) in [7, 11) is 0. The number of nitrogens with zero attached hydrogens (tertiary/aromatic N) is 2. The SMILES string of the molecule is CCOC(=O)C1=c2sc(=Cc3c(F)cccc3Cl)c(=O)n2C(N)=C2C(Cl)=Nc3cccc(F)c3C21. The second-order valence-electron chi connectivity index (χ2n) is 7.63. The molecule has 2 aliphatic heterocycles. The van der Waals surface area contributed by atoms with Crippen LogP contribution in [-0.2, 0) is 9.53 Å². The predicted octanol–water partition coefficient (Wildman–Crippen LogP) is 3.59. The number of halogens is 4. The van der Waals surface area contributed by atoms with Gasteiger partial charge >= 0.3 is 5.97 Å². The predicted molar refractivity (Wildman–Crippen MR) is 132 cm³/mol. The molecular formula is C24H15Cl2F2N3O3S. The van der Waals surface area contributed by atoms with Crippen molar-refractivity contribution in [3.63, 3.8) is 0 Å². The molecule has 11 heteroatoms. The average Bonchev–Trinajstić information content (AvgIpc) is 3.12. The van der Waals surface area contributed by atoms with E-state index in [-0.39, 0.29) is 59.8 Å². The van der Waals surface area contributed by atoms with Crippen molar-refractivity contribution in [1.29, 1.82) is 0 Å². The minimum Gasteiger partial charge on any atom is -0.463 e. The third-order valence-electron chi connectivity index (χ3n) is 5.68. The largest absolute Gasteiger partial charge is 0.463 e. The van der Waals surface area contributed by atoms with Gasteiger partial charge in [-0.25, -0.2) is 18.6 Å². The van der Waals surface area contributed by atoms with Crippen molar-refractivity contribution >= 4 is 68.8 Å². The van der Waals surface area contributed by atoms with Gasteiger partial charge < -0.3 is 10.5 Å². The molecule has 35 heavy (non-hydrogen) atoms. The normalized spacial score (nSPS) is 17.1. The van der Waals surface area contributed by atoms with Gasteiger partial charge in [-0.15, -0.1) is 11.3 Å². The van der Waals surface area contributed by atoms with E-state index in [0.717, 1.165) is 15.9 Å². The van der Waals surface area contributed by atoms with Gasteiger partial charge in [0.25, 0.3) is 5.56 Å². The van der Waals surface area contributed by atoms with Gasteiger partial charge in [0, 0.05) is 16.7 Å². The van der Waals surface area contributed by atoms with Gasteiger partial charge in [-0.3, -0.25) is 9.36 Å². The molecule has 2 aromatic carbocycles. The Balaban J connectivity index is 1.92. The number of hydrogen-bond acceptors (Lipinski definition) is 6. The third-order valence-corrected chi connectivity index (χ3v) is 7.40. The summed E-state index contributed by atoms with van der Waals surface area (Å²) in [5, 5.41) is 0.0142. The maximum Gasteiger partial charge on any atom is 0.337 e. The monoisotopic (exact) mass is 533 g/mol. The molecule has 3 heterocycles. The Labute approximate surface area is 210 Å². The molecule has 0 bridgehead atoms. The van der Waals surface area contributed by atoms with Crippen LogP contribution in [0.25, 0.3) is 17.5 Å². The van der Waals surface area contributed by atoms with Crippen LogP contribution in [0.1, 0.15) is 24.0 Å². The molecule has 1 atom stereocenters. The standard InChI is InChI=1S/C24H15Cl2F2N3O3S/c1-2-34-24(33)19-17-16-13(28)7-4-8-14(16)30-20(26)18(17)21(29)31-22(32)15(35-23(19)31)9-10-11(25)5-3-6-12(10)27/h3-9,17H,2,29H2,1H3. The molecule has 0 fully saturated rings. The molecule has 1 aromatic heterocycles. The first-order valence-corrected chi connectivity index (χ1v) is 11.9. The van der Waals surface area contributed by atoms with Gasteiger partial charge in [-0.2, -0.15) is 0 Å². The molecule has 2 aliphatic rings. The Bertz CT molecular complexity index is 1650. The number of hydrogen-bond donors (Lipinski definition) is 1. The summed E-state index contributed by atoms with van der Waals surface area (Å²) < 4.78 is 36.1. The Morgan fingerprint density at radius 3 is 2.66 bits per heavy atom. The van der Waals surface area contributed by atoms with Crippen molar-refractivity contribution in [3.05, 3.63) is 89.3 Å². The number of aliphatic imine (C=N–C) groups is 1. The Kier molecular flexibility index (Phi) is 5.86. The topological polar surface area (TPSA) is 86.7 Å². The van der Waals surface area contributed by atoms with Crippen molar-refractivity contribution in [2.75, 3.05) is 6.61 Å². The summed E-state index contributed by atoms with van der Waals surface area (Å²) in [6.45, 7) is 1.66. The fraction of sp³-hybridized carbons (Fsp3) is 0.125. The highest BCUT2D eigenvalue weighted by Gasteiger charge is 2.42. The fourth-order valence-electron chi connectivity index (χ4n) is 4.20. The maximum atomic E-state index is 15.1. The van der Waals surface area contributed by atoms with E-state index < -0.39 is 29.1 Å². The molecule has 5 rings (SSSR count). The van der Waals surface area contributed by atoms with E-state index in [9.17, 15) is 14.0 Å². The molecule has 2 N–H and O–H groups in total. The minimum absolute atomic E-state index is 0.00257. The zero-order chi connectivity index (χ0) is 25.0. The number of ether oxygens (including phenoxy) is 1. The highest BCUT2D eigenvalue weighted by molar-refractivity contribution is 7.07. The molecule has 0 amide bonds.